The second-order valence-electron chi connectivity index (χ2n) is 5.59. The Hall–Kier alpha value is -1.81. The summed E-state index contributed by atoms with van der Waals surface area (Å²) in [6, 6.07) is 8.73. The van der Waals surface area contributed by atoms with Crippen LogP contribution in [0.5, 0.6) is 5.75 Å². The number of benzene rings is 1. The number of aryl methyl sites for hydroxylation is 2. The Morgan fingerprint density at radius 3 is 2.19 bits per heavy atom. The van der Waals surface area contributed by atoms with E-state index in [4.69, 9.17) is 4.74 Å². The average molecular weight is 287 g/mol. The van der Waals surface area contributed by atoms with Crippen LogP contribution in [0.15, 0.2) is 24.3 Å². The molecule has 21 heavy (non-hydrogen) atoms. The molecule has 0 aliphatic carbocycles. The molecule has 2 atom stereocenters. The highest BCUT2D eigenvalue weighted by atomic mass is 16.5. The quantitative estimate of drug-likeness (QED) is 0.915. The first-order valence-electron chi connectivity index (χ1n) is 7.34. The van der Waals surface area contributed by atoms with E-state index in [-0.39, 0.29) is 12.1 Å². The van der Waals surface area contributed by atoms with Gasteiger partial charge in [-0.2, -0.15) is 5.10 Å². The van der Waals surface area contributed by atoms with E-state index in [9.17, 15) is 0 Å². The van der Waals surface area contributed by atoms with Gasteiger partial charge < -0.3 is 10.1 Å². The third-order valence-electron chi connectivity index (χ3n) is 4.11. The molecule has 1 heterocycles. The monoisotopic (exact) mass is 287 g/mol. The highest BCUT2D eigenvalue weighted by Crippen LogP contribution is 2.25. The van der Waals surface area contributed by atoms with Gasteiger partial charge in [0.1, 0.15) is 5.75 Å². The number of methoxy groups -OCH3 is 1. The summed E-state index contributed by atoms with van der Waals surface area (Å²) in [5.41, 5.74) is 4.85. The lowest BCUT2D eigenvalue weighted by atomic mass is 10.0. The van der Waals surface area contributed by atoms with Gasteiger partial charge in [0.25, 0.3) is 0 Å². The molecule has 0 saturated heterocycles. The molecule has 1 N–H and O–H groups in total. The highest BCUT2D eigenvalue weighted by molar-refractivity contribution is 5.31. The number of hydrogen-bond donors (Lipinski definition) is 1. The average Bonchev–Trinajstić information content (AvgIpc) is 2.72. The van der Waals surface area contributed by atoms with E-state index in [2.05, 4.69) is 50.2 Å². The predicted molar refractivity (Wildman–Crippen MR) is 85.6 cm³/mol. The van der Waals surface area contributed by atoms with Gasteiger partial charge in [0.05, 0.1) is 12.8 Å². The molecular formula is C17H25N3O. The summed E-state index contributed by atoms with van der Waals surface area (Å²) >= 11 is 0. The smallest absolute Gasteiger partial charge is 0.118 e. The van der Waals surface area contributed by atoms with E-state index in [1.807, 2.05) is 23.9 Å². The Morgan fingerprint density at radius 2 is 1.71 bits per heavy atom. The molecule has 0 saturated carbocycles. The summed E-state index contributed by atoms with van der Waals surface area (Å²) in [7, 11) is 3.68. The minimum Gasteiger partial charge on any atom is -0.497 e. The van der Waals surface area contributed by atoms with Gasteiger partial charge in [-0.25, -0.2) is 0 Å². The van der Waals surface area contributed by atoms with Gasteiger partial charge in [0.2, 0.25) is 0 Å². The van der Waals surface area contributed by atoms with Crippen LogP contribution < -0.4 is 10.1 Å². The number of nitrogens with zero attached hydrogens (tertiary/aromatic N) is 2. The van der Waals surface area contributed by atoms with E-state index < -0.39 is 0 Å². The van der Waals surface area contributed by atoms with Crippen molar-refractivity contribution in [3.63, 3.8) is 0 Å². The van der Waals surface area contributed by atoms with Crippen molar-refractivity contribution in [2.24, 2.45) is 7.05 Å². The molecule has 4 nitrogen and oxygen atoms in total. The number of hydrogen-bond acceptors (Lipinski definition) is 3. The Morgan fingerprint density at radius 1 is 1.10 bits per heavy atom. The molecule has 1 aromatic carbocycles. The van der Waals surface area contributed by atoms with Crippen molar-refractivity contribution < 1.29 is 4.74 Å². The predicted octanol–water partition coefficient (Wildman–Crippen LogP) is 3.46. The molecule has 4 heteroatoms. The first kappa shape index (κ1) is 15.6. The van der Waals surface area contributed by atoms with Crippen LogP contribution in [0.25, 0.3) is 0 Å². The van der Waals surface area contributed by atoms with Gasteiger partial charge >= 0.3 is 0 Å². The SMILES string of the molecule is COc1ccc([C@H](C)NC(C)c2c(C)nn(C)c2C)cc1. The lowest BCUT2D eigenvalue weighted by molar-refractivity contribution is 0.414. The Kier molecular flexibility index (Phi) is 4.68. The van der Waals surface area contributed by atoms with Gasteiger partial charge in [0, 0.05) is 30.4 Å². The van der Waals surface area contributed by atoms with Crippen LogP contribution in [0.1, 0.15) is 48.4 Å². The second kappa shape index (κ2) is 6.31. The Balaban J connectivity index is 2.12. The van der Waals surface area contributed by atoms with Gasteiger partial charge in [0.15, 0.2) is 0 Å². The zero-order chi connectivity index (χ0) is 15.6. The number of nitrogens with one attached hydrogen (secondary N) is 1. The normalized spacial score (nSPS) is 14.0. The van der Waals surface area contributed by atoms with E-state index in [0.29, 0.717) is 0 Å². The largest absolute Gasteiger partial charge is 0.497 e. The number of aromatic nitrogens is 2. The first-order chi connectivity index (χ1) is 9.93. The maximum Gasteiger partial charge on any atom is 0.118 e. The molecule has 0 amide bonds. The minimum atomic E-state index is 0.260. The van der Waals surface area contributed by atoms with Gasteiger partial charge in [-0.3, -0.25) is 4.68 Å². The molecule has 2 aromatic rings. The summed E-state index contributed by atoms with van der Waals surface area (Å²) in [5.74, 6) is 0.887. The molecule has 0 fully saturated rings. The first-order valence-corrected chi connectivity index (χ1v) is 7.34. The van der Waals surface area contributed by atoms with Crippen LogP contribution in [0, 0.1) is 13.8 Å². The maximum atomic E-state index is 5.20. The van der Waals surface area contributed by atoms with Crippen molar-refractivity contribution in [2.45, 2.75) is 39.8 Å². The van der Waals surface area contributed by atoms with Crippen LogP contribution >= 0.6 is 0 Å². The molecule has 0 spiro atoms. The molecule has 1 unspecified atom stereocenters. The summed E-state index contributed by atoms with van der Waals surface area (Å²) in [6.45, 7) is 8.56. The minimum absolute atomic E-state index is 0.260. The van der Waals surface area contributed by atoms with Crippen LogP contribution in [0.4, 0.5) is 0 Å². The summed E-state index contributed by atoms with van der Waals surface area (Å²) < 4.78 is 7.15. The molecule has 2 rings (SSSR count). The van der Waals surface area contributed by atoms with Gasteiger partial charge in [-0.1, -0.05) is 12.1 Å². The zero-order valence-electron chi connectivity index (χ0n) is 13.8. The standard InChI is InChI=1S/C17H25N3O/c1-11(15-7-9-16(21-6)10-8-15)18-12(2)17-13(3)19-20(5)14(17)4/h7-12,18H,1-6H3/t11-,12?/m0/s1. The number of rotatable bonds is 5. The fraction of sp³-hybridized carbons (Fsp3) is 0.471. The maximum absolute atomic E-state index is 5.20. The molecule has 0 aliphatic rings. The van der Waals surface area contributed by atoms with Gasteiger partial charge in [-0.15, -0.1) is 0 Å². The fourth-order valence-corrected chi connectivity index (χ4v) is 2.86. The Bertz CT molecular complexity index is 601. The van der Waals surface area contributed by atoms with E-state index in [1.165, 1.54) is 16.8 Å². The molecule has 0 bridgehead atoms. The van der Waals surface area contributed by atoms with Crippen LogP contribution in [0.2, 0.25) is 0 Å². The molecular weight excluding hydrogens is 262 g/mol. The van der Waals surface area contributed by atoms with Crippen molar-refractivity contribution in [2.75, 3.05) is 7.11 Å². The van der Waals surface area contributed by atoms with Crippen molar-refractivity contribution in [3.8, 4) is 5.75 Å². The van der Waals surface area contributed by atoms with Crippen molar-refractivity contribution in [1.29, 1.82) is 0 Å². The summed E-state index contributed by atoms with van der Waals surface area (Å²) in [6.07, 6.45) is 0. The zero-order valence-corrected chi connectivity index (χ0v) is 13.8. The Labute approximate surface area is 127 Å². The van der Waals surface area contributed by atoms with Crippen molar-refractivity contribution >= 4 is 0 Å². The van der Waals surface area contributed by atoms with Crippen LogP contribution in [-0.4, -0.2) is 16.9 Å². The van der Waals surface area contributed by atoms with E-state index in [0.717, 1.165) is 11.4 Å². The van der Waals surface area contributed by atoms with Crippen LogP contribution in [0.3, 0.4) is 0 Å². The van der Waals surface area contributed by atoms with Crippen molar-refractivity contribution in [3.05, 3.63) is 46.8 Å². The third kappa shape index (κ3) is 3.27. The summed E-state index contributed by atoms with van der Waals surface area (Å²) in [4.78, 5) is 0. The number of ether oxygens (including phenoxy) is 1. The highest BCUT2D eigenvalue weighted by Gasteiger charge is 2.18. The molecule has 114 valence electrons. The van der Waals surface area contributed by atoms with Crippen molar-refractivity contribution in [1.82, 2.24) is 15.1 Å². The van der Waals surface area contributed by atoms with Gasteiger partial charge in [-0.05, 0) is 45.4 Å². The topological polar surface area (TPSA) is 39.1 Å². The lowest BCUT2D eigenvalue weighted by Gasteiger charge is -2.21. The molecule has 0 aliphatic heterocycles. The van der Waals surface area contributed by atoms with E-state index in [1.54, 1.807) is 7.11 Å². The van der Waals surface area contributed by atoms with Crippen LogP contribution in [-0.2, 0) is 7.05 Å². The lowest BCUT2D eigenvalue weighted by Crippen LogP contribution is -2.23. The molecule has 1 aromatic heterocycles. The molecule has 0 radical (unpaired) electrons. The third-order valence-corrected chi connectivity index (χ3v) is 4.11. The fourth-order valence-electron chi connectivity index (χ4n) is 2.86. The van der Waals surface area contributed by atoms with E-state index >= 15 is 0 Å². The summed E-state index contributed by atoms with van der Waals surface area (Å²) in [5, 5.41) is 8.15. The second-order valence-corrected chi connectivity index (χ2v) is 5.59.